The molecule has 0 radical (unpaired) electrons. The number of benzene rings is 1. The van der Waals surface area contributed by atoms with E-state index in [1.165, 1.54) is 16.2 Å². The van der Waals surface area contributed by atoms with Crippen molar-refractivity contribution >= 4 is 44.4 Å². The molecular formula is C15H15N3O3S. The van der Waals surface area contributed by atoms with Gasteiger partial charge in [-0.3, -0.25) is 19.3 Å². The molecule has 2 aromatic rings. The molecule has 6 nitrogen and oxygen atoms in total. The van der Waals surface area contributed by atoms with E-state index >= 15 is 0 Å². The number of likely N-dealkylation sites (tertiary alicyclic amines) is 1. The number of carbonyl (C=O) groups is 3. The van der Waals surface area contributed by atoms with Gasteiger partial charge in [-0.2, -0.15) is 0 Å². The molecule has 2 heterocycles. The highest BCUT2D eigenvalue weighted by atomic mass is 32.1. The molecule has 1 aliphatic heterocycles. The summed E-state index contributed by atoms with van der Waals surface area (Å²) in [5.41, 5.74) is 0.857. The number of nitrogens with zero attached hydrogens (tertiary/aromatic N) is 2. The molecule has 1 aromatic heterocycles. The highest BCUT2D eigenvalue weighted by Crippen LogP contribution is 2.25. The van der Waals surface area contributed by atoms with Gasteiger partial charge in [-0.15, -0.1) is 0 Å². The number of hydrogen-bond donors (Lipinski definition) is 1. The first-order chi connectivity index (χ1) is 10.6. The molecule has 114 valence electrons. The molecule has 7 heteroatoms. The van der Waals surface area contributed by atoms with Gasteiger partial charge < -0.3 is 5.32 Å². The van der Waals surface area contributed by atoms with Crippen LogP contribution in [-0.2, 0) is 14.4 Å². The van der Waals surface area contributed by atoms with Crippen LogP contribution in [0.2, 0.25) is 0 Å². The number of para-hydroxylation sites is 1. The molecular weight excluding hydrogens is 302 g/mol. The molecule has 1 saturated heterocycles. The van der Waals surface area contributed by atoms with Gasteiger partial charge in [-0.25, -0.2) is 4.98 Å². The molecule has 1 aliphatic rings. The van der Waals surface area contributed by atoms with E-state index in [2.05, 4.69) is 10.3 Å². The third kappa shape index (κ3) is 3.14. The molecule has 0 atom stereocenters. The number of imide groups is 1. The molecule has 0 bridgehead atoms. The maximum absolute atomic E-state index is 11.9. The standard InChI is InChI=1S/C15H15N3O3S/c19-12(6-3-9-18-13(20)7-8-14(18)21)17-15-16-10-4-1-2-5-11(10)22-15/h1-2,4-5H,3,6-9H2,(H,16,17,19). The lowest BCUT2D eigenvalue weighted by molar-refractivity contribution is -0.138. The number of anilines is 1. The molecule has 3 amide bonds. The molecule has 1 fully saturated rings. The van der Waals surface area contributed by atoms with Gasteiger partial charge in [-0.05, 0) is 18.6 Å². The van der Waals surface area contributed by atoms with Crippen molar-refractivity contribution in [3.63, 3.8) is 0 Å². The van der Waals surface area contributed by atoms with Crippen LogP contribution in [-0.4, -0.2) is 34.2 Å². The van der Waals surface area contributed by atoms with E-state index in [9.17, 15) is 14.4 Å². The fraction of sp³-hybridized carbons (Fsp3) is 0.333. The predicted molar refractivity (Wildman–Crippen MR) is 83.4 cm³/mol. The SMILES string of the molecule is O=C(CCCN1C(=O)CCC1=O)Nc1nc2ccccc2s1. The lowest BCUT2D eigenvalue weighted by Gasteiger charge is -2.12. The summed E-state index contributed by atoms with van der Waals surface area (Å²) in [5.74, 6) is -0.439. The third-order valence-corrected chi connectivity index (χ3v) is 4.43. The topological polar surface area (TPSA) is 79.4 Å². The van der Waals surface area contributed by atoms with Crippen molar-refractivity contribution in [3.8, 4) is 0 Å². The van der Waals surface area contributed by atoms with Crippen LogP contribution in [0.25, 0.3) is 10.2 Å². The Morgan fingerprint density at radius 3 is 2.68 bits per heavy atom. The van der Waals surface area contributed by atoms with Crippen molar-refractivity contribution in [1.29, 1.82) is 0 Å². The van der Waals surface area contributed by atoms with Gasteiger partial charge in [0.1, 0.15) is 0 Å². The van der Waals surface area contributed by atoms with Crippen molar-refractivity contribution in [2.24, 2.45) is 0 Å². The molecule has 1 aromatic carbocycles. The van der Waals surface area contributed by atoms with Gasteiger partial charge in [-0.1, -0.05) is 23.5 Å². The van der Waals surface area contributed by atoms with Gasteiger partial charge in [0.05, 0.1) is 10.2 Å². The Hall–Kier alpha value is -2.28. The lowest BCUT2D eigenvalue weighted by atomic mass is 10.3. The number of amides is 3. The quantitative estimate of drug-likeness (QED) is 0.857. The minimum absolute atomic E-state index is 0.142. The van der Waals surface area contributed by atoms with Gasteiger partial charge in [0.15, 0.2) is 5.13 Å². The number of fused-ring (bicyclic) bond motifs is 1. The monoisotopic (exact) mass is 317 g/mol. The number of thiazole rings is 1. The zero-order chi connectivity index (χ0) is 15.5. The van der Waals surface area contributed by atoms with Crippen molar-refractivity contribution in [3.05, 3.63) is 24.3 Å². The van der Waals surface area contributed by atoms with Crippen LogP contribution in [0.3, 0.4) is 0 Å². The second-order valence-corrected chi connectivity index (χ2v) is 6.11. The van der Waals surface area contributed by atoms with E-state index in [-0.39, 0.29) is 37.0 Å². The minimum atomic E-state index is -0.154. The zero-order valence-electron chi connectivity index (χ0n) is 11.9. The Balaban J connectivity index is 1.50. The average molecular weight is 317 g/mol. The van der Waals surface area contributed by atoms with Gasteiger partial charge in [0, 0.05) is 25.8 Å². The van der Waals surface area contributed by atoms with E-state index in [0.717, 1.165) is 10.2 Å². The Morgan fingerprint density at radius 2 is 1.95 bits per heavy atom. The lowest BCUT2D eigenvalue weighted by Crippen LogP contribution is -2.30. The largest absolute Gasteiger partial charge is 0.302 e. The normalized spacial score (nSPS) is 14.8. The molecule has 1 N–H and O–H groups in total. The van der Waals surface area contributed by atoms with Crippen LogP contribution < -0.4 is 5.32 Å². The van der Waals surface area contributed by atoms with Crippen molar-refractivity contribution in [1.82, 2.24) is 9.88 Å². The average Bonchev–Trinajstić information content (AvgIpc) is 3.03. The summed E-state index contributed by atoms with van der Waals surface area (Å²) >= 11 is 1.42. The first-order valence-electron chi connectivity index (χ1n) is 7.12. The van der Waals surface area contributed by atoms with E-state index in [0.29, 0.717) is 18.1 Å². The molecule has 0 aliphatic carbocycles. The number of rotatable bonds is 5. The van der Waals surface area contributed by atoms with E-state index in [4.69, 9.17) is 0 Å². The summed E-state index contributed by atoms with van der Waals surface area (Å²) in [4.78, 5) is 40.4. The number of hydrogen-bond acceptors (Lipinski definition) is 5. The van der Waals surface area contributed by atoms with Crippen molar-refractivity contribution in [2.75, 3.05) is 11.9 Å². The molecule has 0 saturated carbocycles. The second kappa shape index (κ2) is 6.23. The summed E-state index contributed by atoms with van der Waals surface area (Å²) in [6.45, 7) is 0.310. The Labute approximate surface area is 131 Å². The molecule has 22 heavy (non-hydrogen) atoms. The van der Waals surface area contributed by atoms with Crippen LogP contribution in [0, 0.1) is 0 Å². The summed E-state index contributed by atoms with van der Waals surface area (Å²) in [6.07, 6.45) is 1.30. The maximum atomic E-state index is 11.9. The van der Waals surface area contributed by atoms with Crippen LogP contribution in [0.15, 0.2) is 24.3 Å². The van der Waals surface area contributed by atoms with Crippen LogP contribution in [0.4, 0.5) is 5.13 Å². The highest BCUT2D eigenvalue weighted by Gasteiger charge is 2.28. The highest BCUT2D eigenvalue weighted by molar-refractivity contribution is 7.22. The number of carbonyl (C=O) groups excluding carboxylic acids is 3. The summed E-state index contributed by atoms with van der Waals surface area (Å²) in [5, 5.41) is 3.33. The fourth-order valence-corrected chi connectivity index (χ4v) is 3.26. The Bertz CT molecular complexity index is 691. The van der Waals surface area contributed by atoms with Crippen LogP contribution in [0.1, 0.15) is 25.7 Å². The predicted octanol–water partition coefficient (Wildman–Crippen LogP) is 2.16. The van der Waals surface area contributed by atoms with Crippen LogP contribution in [0.5, 0.6) is 0 Å². The van der Waals surface area contributed by atoms with E-state index in [1.54, 1.807) is 0 Å². The van der Waals surface area contributed by atoms with Crippen molar-refractivity contribution in [2.45, 2.75) is 25.7 Å². The third-order valence-electron chi connectivity index (χ3n) is 3.48. The van der Waals surface area contributed by atoms with E-state index in [1.807, 2.05) is 24.3 Å². The second-order valence-electron chi connectivity index (χ2n) is 5.08. The summed E-state index contributed by atoms with van der Waals surface area (Å²) < 4.78 is 1.02. The zero-order valence-corrected chi connectivity index (χ0v) is 12.7. The minimum Gasteiger partial charge on any atom is -0.302 e. The summed E-state index contributed by atoms with van der Waals surface area (Å²) in [6, 6.07) is 7.67. The number of aromatic nitrogens is 1. The Morgan fingerprint density at radius 1 is 1.23 bits per heavy atom. The Kier molecular flexibility index (Phi) is 4.15. The molecule has 3 rings (SSSR count). The summed E-state index contributed by atoms with van der Waals surface area (Å²) in [7, 11) is 0. The van der Waals surface area contributed by atoms with Gasteiger partial charge in [0.2, 0.25) is 17.7 Å². The first-order valence-corrected chi connectivity index (χ1v) is 7.94. The van der Waals surface area contributed by atoms with Gasteiger partial charge >= 0.3 is 0 Å². The fourth-order valence-electron chi connectivity index (χ4n) is 2.38. The number of nitrogens with one attached hydrogen (secondary N) is 1. The molecule has 0 spiro atoms. The van der Waals surface area contributed by atoms with E-state index < -0.39 is 0 Å². The first kappa shape index (κ1) is 14.6. The van der Waals surface area contributed by atoms with Gasteiger partial charge in [0.25, 0.3) is 0 Å². The van der Waals surface area contributed by atoms with Crippen LogP contribution >= 0.6 is 11.3 Å². The smallest absolute Gasteiger partial charge is 0.229 e. The molecule has 0 unspecified atom stereocenters. The maximum Gasteiger partial charge on any atom is 0.229 e. The van der Waals surface area contributed by atoms with Crippen molar-refractivity contribution < 1.29 is 14.4 Å².